The van der Waals surface area contributed by atoms with Crippen LogP contribution in [-0.4, -0.2) is 0 Å². The largest absolute Gasteiger partial charge is 0.0622 e. The number of fused-ring (bicyclic) bond motifs is 7. The fraction of sp³-hybridized carbons (Fsp3) is 0.0667. The van der Waals surface area contributed by atoms with Gasteiger partial charge in [-0.15, -0.1) is 0 Å². The molecule has 0 N–H and O–H groups in total. The summed E-state index contributed by atoms with van der Waals surface area (Å²) in [5, 5.41) is 7.78. The Balaban J connectivity index is 1.20. The van der Waals surface area contributed by atoms with Crippen molar-refractivity contribution in [2.24, 2.45) is 0 Å². The molecule has 0 atom stereocenters. The molecule has 1 aliphatic rings. The van der Waals surface area contributed by atoms with Gasteiger partial charge in [0.15, 0.2) is 0 Å². The molecule has 0 nitrogen and oxygen atoms in total. The third-order valence-corrected chi connectivity index (χ3v) is 10.1. The van der Waals surface area contributed by atoms with Crippen molar-refractivity contribution in [2.75, 3.05) is 0 Å². The molecule has 8 aromatic carbocycles. The summed E-state index contributed by atoms with van der Waals surface area (Å²) in [5.74, 6) is 0. The third-order valence-electron chi connectivity index (χ3n) is 10.1. The predicted molar refractivity (Wildman–Crippen MR) is 193 cm³/mol. The van der Waals surface area contributed by atoms with Crippen LogP contribution in [0.5, 0.6) is 0 Å². The summed E-state index contributed by atoms with van der Waals surface area (Å²) in [6.07, 6.45) is 0. The quantitative estimate of drug-likeness (QED) is 0.185. The van der Waals surface area contributed by atoms with Gasteiger partial charge in [0.25, 0.3) is 0 Å². The molecule has 0 fully saturated rings. The summed E-state index contributed by atoms with van der Waals surface area (Å²) in [4.78, 5) is 0. The van der Waals surface area contributed by atoms with Crippen molar-refractivity contribution >= 4 is 32.3 Å². The molecule has 0 heterocycles. The van der Waals surface area contributed by atoms with Crippen LogP contribution in [0.15, 0.2) is 158 Å². The van der Waals surface area contributed by atoms with Gasteiger partial charge in [-0.3, -0.25) is 0 Å². The maximum absolute atomic E-state index is 2.42. The lowest BCUT2D eigenvalue weighted by Crippen LogP contribution is -2.14. The second kappa shape index (κ2) is 9.78. The average Bonchev–Trinajstić information content (AvgIpc) is 3.33. The summed E-state index contributed by atoms with van der Waals surface area (Å²) >= 11 is 0. The van der Waals surface area contributed by atoms with Crippen LogP contribution in [0.4, 0.5) is 0 Å². The Morgan fingerprint density at radius 3 is 1.42 bits per heavy atom. The van der Waals surface area contributed by atoms with Gasteiger partial charge in [0.1, 0.15) is 0 Å². The molecule has 0 bridgehead atoms. The van der Waals surface area contributed by atoms with Crippen LogP contribution in [0.1, 0.15) is 25.0 Å². The van der Waals surface area contributed by atoms with Crippen LogP contribution in [0.3, 0.4) is 0 Å². The zero-order valence-electron chi connectivity index (χ0n) is 25.5. The first-order chi connectivity index (χ1) is 22.1. The Morgan fingerprint density at radius 2 is 0.800 bits per heavy atom. The van der Waals surface area contributed by atoms with Gasteiger partial charge in [0, 0.05) is 5.41 Å². The minimum atomic E-state index is -0.0227. The van der Waals surface area contributed by atoms with Gasteiger partial charge in [0.2, 0.25) is 0 Å². The molecular weight excluding hydrogens is 540 g/mol. The van der Waals surface area contributed by atoms with E-state index in [1.807, 2.05) is 0 Å². The summed E-state index contributed by atoms with van der Waals surface area (Å²) in [5.41, 5.74) is 13.1. The molecule has 9 rings (SSSR count). The van der Waals surface area contributed by atoms with Crippen LogP contribution in [0, 0.1) is 0 Å². The van der Waals surface area contributed by atoms with Gasteiger partial charge >= 0.3 is 0 Å². The summed E-state index contributed by atoms with van der Waals surface area (Å²) in [6.45, 7) is 4.72. The van der Waals surface area contributed by atoms with Gasteiger partial charge in [0.05, 0.1) is 0 Å². The first kappa shape index (κ1) is 26.0. The van der Waals surface area contributed by atoms with E-state index in [-0.39, 0.29) is 5.41 Å². The lowest BCUT2D eigenvalue weighted by Gasteiger charge is -2.21. The van der Waals surface area contributed by atoms with E-state index in [1.165, 1.54) is 88.0 Å². The molecule has 0 amide bonds. The van der Waals surface area contributed by atoms with E-state index >= 15 is 0 Å². The van der Waals surface area contributed by atoms with Gasteiger partial charge < -0.3 is 0 Å². The smallest absolute Gasteiger partial charge is 0.0159 e. The van der Waals surface area contributed by atoms with E-state index in [9.17, 15) is 0 Å². The van der Waals surface area contributed by atoms with Crippen molar-refractivity contribution in [3.63, 3.8) is 0 Å². The Bertz CT molecular complexity index is 2370. The fourth-order valence-electron chi connectivity index (χ4n) is 7.89. The van der Waals surface area contributed by atoms with Gasteiger partial charge in [-0.1, -0.05) is 166 Å². The van der Waals surface area contributed by atoms with Gasteiger partial charge in [-0.2, -0.15) is 0 Å². The van der Waals surface area contributed by atoms with Gasteiger partial charge in [-0.05, 0) is 94.0 Å². The highest BCUT2D eigenvalue weighted by Gasteiger charge is 2.36. The number of hydrogen-bond donors (Lipinski definition) is 0. The maximum atomic E-state index is 2.42. The first-order valence-electron chi connectivity index (χ1n) is 15.9. The highest BCUT2D eigenvalue weighted by atomic mass is 14.4. The van der Waals surface area contributed by atoms with E-state index in [1.54, 1.807) is 0 Å². The Labute approximate surface area is 264 Å². The standard InChI is InChI=1S/C45H32/c1-45(2)40-26-25-33(28-39(40)44-34-15-7-6-12-30(34)24-27-41(44)45)29-20-22-32(23-21-29)43-37-18-10-8-16-35(37)42(31-13-4-3-5-14-31)36-17-9-11-19-38(36)43/h3-28H,1-2H3. The van der Waals surface area contributed by atoms with Crippen LogP contribution < -0.4 is 0 Å². The first-order valence-corrected chi connectivity index (χ1v) is 15.9. The Kier molecular flexibility index (Phi) is 5.64. The molecule has 0 aromatic heterocycles. The fourth-order valence-corrected chi connectivity index (χ4v) is 7.89. The van der Waals surface area contributed by atoms with Crippen molar-refractivity contribution < 1.29 is 0 Å². The zero-order valence-corrected chi connectivity index (χ0v) is 25.5. The number of benzene rings is 8. The van der Waals surface area contributed by atoms with Crippen LogP contribution >= 0.6 is 0 Å². The summed E-state index contributed by atoms with van der Waals surface area (Å²) in [7, 11) is 0. The van der Waals surface area contributed by atoms with Crippen molar-refractivity contribution in [2.45, 2.75) is 19.3 Å². The third kappa shape index (κ3) is 3.85. The topological polar surface area (TPSA) is 0 Å². The molecule has 0 aliphatic heterocycles. The van der Waals surface area contributed by atoms with E-state index in [4.69, 9.17) is 0 Å². The van der Waals surface area contributed by atoms with Crippen molar-refractivity contribution in [3.8, 4) is 44.5 Å². The molecular formula is C45H32. The van der Waals surface area contributed by atoms with E-state index in [2.05, 4.69) is 172 Å². The van der Waals surface area contributed by atoms with E-state index in [0.29, 0.717) is 0 Å². The molecule has 0 unspecified atom stereocenters. The molecule has 0 spiro atoms. The molecule has 0 radical (unpaired) electrons. The summed E-state index contributed by atoms with van der Waals surface area (Å²) in [6, 6.07) is 58.3. The average molecular weight is 573 g/mol. The molecule has 1 aliphatic carbocycles. The molecule has 8 aromatic rings. The van der Waals surface area contributed by atoms with Crippen molar-refractivity contribution in [1.82, 2.24) is 0 Å². The number of hydrogen-bond acceptors (Lipinski definition) is 0. The predicted octanol–water partition coefficient (Wildman–Crippen LogP) is 12.5. The lowest BCUT2D eigenvalue weighted by atomic mass is 9.82. The van der Waals surface area contributed by atoms with E-state index < -0.39 is 0 Å². The van der Waals surface area contributed by atoms with Crippen LogP contribution in [0.2, 0.25) is 0 Å². The molecule has 0 heteroatoms. The highest BCUT2D eigenvalue weighted by molar-refractivity contribution is 6.21. The lowest BCUT2D eigenvalue weighted by molar-refractivity contribution is 0.661. The molecule has 212 valence electrons. The number of rotatable bonds is 3. The normalized spacial score (nSPS) is 13.3. The minimum Gasteiger partial charge on any atom is -0.0622 e. The highest BCUT2D eigenvalue weighted by Crippen LogP contribution is 2.52. The van der Waals surface area contributed by atoms with Crippen LogP contribution in [-0.2, 0) is 5.41 Å². The van der Waals surface area contributed by atoms with Crippen molar-refractivity contribution in [1.29, 1.82) is 0 Å². The van der Waals surface area contributed by atoms with Gasteiger partial charge in [-0.25, -0.2) is 0 Å². The summed E-state index contributed by atoms with van der Waals surface area (Å²) < 4.78 is 0. The van der Waals surface area contributed by atoms with E-state index in [0.717, 1.165) is 0 Å². The van der Waals surface area contributed by atoms with Crippen molar-refractivity contribution in [3.05, 3.63) is 169 Å². The van der Waals surface area contributed by atoms with Crippen LogP contribution in [0.25, 0.3) is 76.8 Å². The molecule has 0 saturated heterocycles. The SMILES string of the molecule is CC1(C)c2ccc(-c3ccc(-c4c5ccccc5c(-c5ccccc5)c5ccccc45)cc3)cc2-c2c1ccc1ccccc21. The molecule has 45 heavy (non-hydrogen) atoms. The minimum absolute atomic E-state index is 0.0227. The second-order valence-corrected chi connectivity index (χ2v) is 12.9. The molecule has 0 saturated carbocycles. The second-order valence-electron chi connectivity index (χ2n) is 12.9. The zero-order chi connectivity index (χ0) is 30.1. The monoisotopic (exact) mass is 572 g/mol. The Morgan fingerprint density at radius 1 is 0.333 bits per heavy atom. The Hall–Kier alpha value is -5.46. The maximum Gasteiger partial charge on any atom is 0.0159 e.